The number of hydrogen-bond donors (Lipinski definition) is 1. The monoisotopic (exact) mass is 333 g/mol. The molecule has 1 amide bonds. The lowest BCUT2D eigenvalue weighted by Gasteiger charge is -2.07. The van der Waals surface area contributed by atoms with Crippen LogP contribution in [0.1, 0.15) is 17.3 Å². The zero-order chi connectivity index (χ0) is 16.7. The van der Waals surface area contributed by atoms with E-state index in [2.05, 4.69) is 5.32 Å². The van der Waals surface area contributed by atoms with Gasteiger partial charge in [-0.2, -0.15) is 0 Å². The molecule has 0 heterocycles. The molecule has 5 nitrogen and oxygen atoms in total. The van der Waals surface area contributed by atoms with Crippen LogP contribution in [0.3, 0.4) is 0 Å². The fourth-order valence-electron chi connectivity index (χ4n) is 1.83. The van der Waals surface area contributed by atoms with Crippen molar-refractivity contribution in [2.75, 3.05) is 18.5 Å². The molecule has 0 saturated heterocycles. The molecule has 0 unspecified atom stereocenters. The van der Waals surface area contributed by atoms with Gasteiger partial charge in [0.25, 0.3) is 5.91 Å². The van der Waals surface area contributed by atoms with Crippen molar-refractivity contribution in [1.29, 1.82) is 0 Å². The molecule has 0 atom stereocenters. The number of anilines is 1. The summed E-state index contributed by atoms with van der Waals surface area (Å²) in [5, 5.41) is 3.10. The summed E-state index contributed by atoms with van der Waals surface area (Å²) in [5.41, 5.74) is 0.892. The Hall–Kier alpha value is -2.53. The van der Waals surface area contributed by atoms with Crippen LogP contribution in [0, 0.1) is 0 Å². The highest BCUT2D eigenvalue weighted by Crippen LogP contribution is 2.15. The Bertz CT molecular complexity index is 685. The van der Waals surface area contributed by atoms with Crippen LogP contribution in [0.25, 0.3) is 0 Å². The van der Waals surface area contributed by atoms with Gasteiger partial charge in [0.1, 0.15) is 5.75 Å². The number of hydrogen-bond acceptors (Lipinski definition) is 4. The number of esters is 1. The standard InChI is InChI=1S/C17H16ClNO4/c1-2-22-15-8-6-12(7-9-15)17(21)23-11-16(20)19-14-5-3-4-13(18)10-14/h3-10H,2,11H2,1H3,(H,19,20). The van der Waals surface area contributed by atoms with E-state index in [4.69, 9.17) is 21.1 Å². The van der Waals surface area contributed by atoms with Gasteiger partial charge in [-0.3, -0.25) is 4.79 Å². The first-order valence-electron chi connectivity index (χ1n) is 7.04. The number of nitrogens with one attached hydrogen (secondary N) is 1. The van der Waals surface area contributed by atoms with Crippen molar-refractivity contribution in [2.24, 2.45) is 0 Å². The Morgan fingerprint density at radius 1 is 1.13 bits per heavy atom. The molecule has 1 N–H and O–H groups in total. The largest absolute Gasteiger partial charge is 0.494 e. The van der Waals surface area contributed by atoms with Gasteiger partial charge in [0, 0.05) is 10.7 Å². The Kier molecular flexibility index (Phi) is 6.00. The van der Waals surface area contributed by atoms with Gasteiger partial charge in [0.05, 0.1) is 12.2 Å². The zero-order valence-corrected chi connectivity index (χ0v) is 13.3. The Morgan fingerprint density at radius 2 is 1.87 bits per heavy atom. The highest BCUT2D eigenvalue weighted by Gasteiger charge is 2.10. The number of carbonyl (C=O) groups is 2. The molecular weight excluding hydrogens is 318 g/mol. The average molecular weight is 334 g/mol. The minimum Gasteiger partial charge on any atom is -0.494 e. The number of ether oxygens (including phenoxy) is 2. The minimum absolute atomic E-state index is 0.351. The van der Waals surface area contributed by atoms with Gasteiger partial charge in [-0.15, -0.1) is 0 Å². The first kappa shape index (κ1) is 16.8. The number of rotatable bonds is 6. The van der Waals surface area contributed by atoms with Crippen LogP contribution in [0.4, 0.5) is 5.69 Å². The lowest BCUT2D eigenvalue weighted by Crippen LogP contribution is -2.20. The van der Waals surface area contributed by atoms with Crippen LogP contribution in [0.15, 0.2) is 48.5 Å². The first-order chi connectivity index (χ1) is 11.1. The van der Waals surface area contributed by atoms with Crippen molar-refractivity contribution in [1.82, 2.24) is 0 Å². The van der Waals surface area contributed by atoms with Crippen LogP contribution in [-0.4, -0.2) is 25.1 Å². The average Bonchev–Trinajstić information content (AvgIpc) is 2.54. The second-order valence-electron chi connectivity index (χ2n) is 4.59. The summed E-state index contributed by atoms with van der Waals surface area (Å²) in [6, 6.07) is 13.2. The molecule has 0 spiro atoms. The molecule has 0 aliphatic carbocycles. The number of amides is 1. The molecule has 0 bridgehead atoms. The molecule has 0 aliphatic rings. The van der Waals surface area contributed by atoms with E-state index in [0.29, 0.717) is 28.6 Å². The van der Waals surface area contributed by atoms with Crippen molar-refractivity contribution in [3.63, 3.8) is 0 Å². The minimum atomic E-state index is -0.575. The third-order valence-electron chi connectivity index (χ3n) is 2.84. The topological polar surface area (TPSA) is 64.6 Å². The molecule has 23 heavy (non-hydrogen) atoms. The zero-order valence-electron chi connectivity index (χ0n) is 12.5. The summed E-state index contributed by atoms with van der Waals surface area (Å²) in [4.78, 5) is 23.6. The van der Waals surface area contributed by atoms with Gasteiger partial charge >= 0.3 is 5.97 Å². The molecule has 0 aliphatic heterocycles. The van der Waals surface area contributed by atoms with E-state index in [9.17, 15) is 9.59 Å². The van der Waals surface area contributed by atoms with E-state index in [1.165, 1.54) is 0 Å². The third-order valence-corrected chi connectivity index (χ3v) is 3.08. The second-order valence-corrected chi connectivity index (χ2v) is 5.03. The molecule has 2 aromatic rings. The molecule has 0 radical (unpaired) electrons. The SMILES string of the molecule is CCOc1ccc(C(=O)OCC(=O)Nc2cccc(Cl)c2)cc1. The second kappa shape index (κ2) is 8.19. The fourth-order valence-corrected chi connectivity index (χ4v) is 2.02. The Morgan fingerprint density at radius 3 is 2.52 bits per heavy atom. The van der Waals surface area contributed by atoms with E-state index >= 15 is 0 Å². The van der Waals surface area contributed by atoms with Crippen molar-refractivity contribution >= 4 is 29.2 Å². The van der Waals surface area contributed by atoms with E-state index in [-0.39, 0.29) is 6.61 Å². The van der Waals surface area contributed by atoms with E-state index in [0.717, 1.165) is 0 Å². The molecule has 6 heteroatoms. The maximum Gasteiger partial charge on any atom is 0.338 e. The number of halogens is 1. The summed E-state index contributed by atoms with van der Waals surface area (Å²) in [6.45, 7) is 2.05. The summed E-state index contributed by atoms with van der Waals surface area (Å²) >= 11 is 5.82. The lowest BCUT2D eigenvalue weighted by molar-refractivity contribution is -0.119. The molecule has 2 aromatic carbocycles. The number of carbonyl (C=O) groups excluding carboxylic acids is 2. The fraction of sp³-hybridized carbons (Fsp3) is 0.176. The predicted molar refractivity (Wildman–Crippen MR) is 88.0 cm³/mol. The highest BCUT2D eigenvalue weighted by molar-refractivity contribution is 6.30. The normalized spacial score (nSPS) is 10.0. The summed E-state index contributed by atoms with van der Waals surface area (Å²) in [6.07, 6.45) is 0. The van der Waals surface area contributed by atoms with Gasteiger partial charge < -0.3 is 14.8 Å². The van der Waals surface area contributed by atoms with E-state index in [1.54, 1.807) is 48.5 Å². The van der Waals surface area contributed by atoms with E-state index in [1.807, 2.05) is 6.92 Å². The smallest absolute Gasteiger partial charge is 0.338 e. The Balaban J connectivity index is 1.84. The molecule has 0 aromatic heterocycles. The van der Waals surface area contributed by atoms with Gasteiger partial charge in [0.2, 0.25) is 0 Å². The maximum atomic E-state index is 11.9. The molecule has 0 saturated carbocycles. The van der Waals surface area contributed by atoms with Gasteiger partial charge in [-0.05, 0) is 49.4 Å². The Labute approximate surface area is 139 Å². The summed E-state index contributed by atoms with van der Waals surface area (Å²) in [5.74, 6) is -0.344. The van der Waals surface area contributed by atoms with Crippen LogP contribution >= 0.6 is 11.6 Å². The summed E-state index contributed by atoms with van der Waals surface area (Å²) < 4.78 is 10.3. The van der Waals surface area contributed by atoms with Crippen LogP contribution < -0.4 is 10.1 Å². The van der Waals surface area contributed by atoms with Gasteiger partial charge in [0.15, 0.2) is 6.61 Å². The van der Waals surface area contributed by atoms with Crippen LogP contribution in [-0.2, 0) is 9.53 Å². The third kappa shape index (κ3) is 5.30. The van der Waals surface area contributed by atoms with Crippen molar-refractivity contribution in [2.45, 2.75) is 6.92 Å². The molecule has 2 rings (SSSR count). The van der Waals surface area contributed by atoms with Crippen molar-refractivity contribution in [3.8, 4) is 5.75 Å². The highest BCUT2D eigenvalue weighted by atomic mass is 35.5. The predicted octanol–water partition coefficient (Wildman–Crippen LogP) is 3.53. The summed E-state index contributed by atoms with van der Waals surface area (Å²) in [7, 11) is 0. The van der Waals surface area contributed by atoms with E-state index < -0.39 is 11.9 Å². The molecule has 0 fully saturated rings. The lowest BCUT2D eigenvalue weighted by atomic mass is 10.2. The maximum absolute atomic E-state index is 11.9. The first-order valence-corrected chi connectivity index (χ1v) is 7.41. The quantitative estimate of drug-likeness (QED) is 0.821. The number of benzene rings is 2. The molecular formula is C17H16ClNO4. The van der Waals surface area contributed by atoms with Crippen molar-refractivity contribution < 1.29 is 19.1 Å². The van der Waals surface area contributed by atoms with Crippen molar-refractivity contribution in [3.05, 3.63) is 59.1 Å². The van der Waals surface area contributed by atoms with Crippen LogP contribution in [0.5, 0.6) is 5.75 Å². The molecule has 120 valence electrons. The van der Waals surface area contributed by atoms with Crippen LogP contribution in [0.2, 0.25) is 5.02 Å². The van der Waals surface area contributed by atoms with Gasteiger partial charge in [-0.25, -0.2) is 4.79 Å². The van der Waals surface area contributed by atoms with Gasteiger partial charge in [-0.1, -0.05) is 17.7 Å².